The Kier molecular flexibility index (Phi) is 3.47. The fourth-order valence-electron chi connectivity index (χ4n) is 1.11. The minimum Gasteiger partial charge on any atom is -0.319 e. The summed E-state index contributed by atoms with van der Waals surface area (Å²) in [6.45, 7) is 0. The summed E-state index contributed by atoms with van der Waals surface area (Å²) in [7, 11) is 0. The molecule has 0 saturated carbocycles. The first kappa shape index (κ1) is 12.8. The summed E-state index contributed by atoms with van der Waals surface area (Å²) in [5.74, 6) is -1.61. The lowest BCUT2D eigenvalue weighted by Crippen LogP contribution is -2.19. The van der Waals surface area contributed by atoms with E-state index in [4.69, 9.17) is 5.73 Å². The maximum Gasteiger partial charge on any atom is 0.419 e. The van der Waals surface area contributed by atoms with Gasteiger partial charge in [-0.25, -0.2) is 13.2 Å². The van der Waals surface area contributed by atoms with Crippen molar-refractivity contribution < 1.29 is 26.3 Å². The van der Waals surface area contributed by atoms with Crippen molar-refractivity contribution in [3.63, 3.8) is 0 Å². The molecule has 0 spiro atoms. The zero-order chi connectivity index (χ0) is 12.5. The van der Waals surface area contributed by atoms with Crippen LogP contribution < -0.4 is 5.73 Å². The molecule has 90 valence electrons. The average Bonchev–Trinajstić information content (AvgIpc) is 2.14. The predicted molar refractivity (Wildman–Crippen MR) is 44.3 cm³/mol. The van der Waals surface area contributed by atoms with Gasteiger partial charge in [0.2, 0.25) is 0 Å². The first-order valence-electron chi connectivity index (χ1n) is 4.14. The highest BCUT2D eigenvalue weighted by molar-refractivity contribution is 5.28. The molecule has 1 nitrogen and oxygen atoms in total. The van der Waals surface area contributed by atoms with E-state index in [0.717, 1.165) is 6.07 Å². The molecule has 0 radical (unpaired) electrons. The van der Waals surface area contributed by atoms with E-state index in [2.05, 4.69) is 0 Å². The molecule has 0 aromatic heterocycles. The molecule has 0 aliphatic rings. The Morgan fingerprint density at radius 3 is 2.06 bits per heavy atom. The molecule has 2 N–H and O–H groups in total. The molecule has 7 heteroatoms. The number of alkyl halides is 5. The van der Waals surface area contributed by atoms with Crippen molar-refractivity contribution >= 4 is 0 Å². The zero-order valence-electron chi connectivity index (χ0n) is 7.73. The van der Waals surface area contributed by atoms with E-state index >= 15 is 0 Å². The Morgan fingerprint density at radius 1 is 1.12 bits per heavy atom. The normalized spacial score (nSPS) is 14.2. The summed E-state index contributed by atoms with van der Waals surface area (Å²) in [5, 5.41) is 0. The second-order valence-corrected chi connectivity index (χ2v) is 3.10. The summed E-state index contributed by atoms with van der Waals surface area (Å²) in [4.78, 5) is 0. The second-order valence-electron chi connectivity index (χ2n) is 3.10. The molecule has 0 bridgehead atoms. The van der Waals surface area contributed by atoms with Crippen LogP contribution in [0.3, 0.4) is 0 Å². The van der Waals surface area contributed by atoms with E-state index in [1.165, 1.54) is 0 Å². The van der Waals surface area contributed by atoms with Gasteiger partial charge in [0.1, 0.15) is 5.82 Å². The summed E-state index contributed by atoms with van der Waals surface area (Å²) in [5.41, 5.74) is 3.09. The molecule has 1 rings (SSSR count). The third kappa shape index (κ3) is 2.66. The van der Waals surface area contributed by atoms with Crippen LogP contribution in [-0.2, 0) is 6.18 Å². The number of rotatable bonds is 2. The van der Waals surface area contributed by atoms with Crippen LogP contribution in [0.4, 0.5) is 26.3 Å². The summed E-state index contributed by atoms with van der Waals surface area (Å²) in [6.07, 6.45) is -7.81. The van der Waals surface area contributed by atoms with Crippen molar-refractivity contribution in [2.45, 2.75) is 18.6 Å². The maximum atomic E-state index is 12.9. The molecule has 0 saturated heterocycles. The van der Waals surface area contributed by atoms with Crippen molar-refractivity contribution in [1.82, 2.24) is 0 Å². The zero-order valence-corrected chi connectivity index (χ0v) is 7.73. The standard InChI is InChI=1S/C9H7F6N/c10-6-3-4(7(16)8(11)12)1-2-5(6)9(13,14)15/h1-3,7-8H,16H2/t7-/m1/s1. The lowest BCUT2D eigenvalue weighted by atomic mass is 10.1. The molecule has 0 fully saturated rings. The van der Waals surface area contributed by atoms with Gasteiger partial charge in [0.25, 0.3) is 6.43 Å². The van der Waals surface area contributed by atoms with Crippen molar-refractivity contribution in [2.75, 3.05) is 0 Å². The maximum absolute atomic E-state index is 12.9. The van der Waals surface area contributed by atoms with Crippen LogP contribution in [0.25, 0.3) is 0 Å². The number of benzene rings is 1. The van der Waals surface area contributed by atoms with E-state index in [1.54, 1.807) is 0 Å². The van der Waals surface area contributed by atoms with E-state index in [0.29, 0.717) is 12.1 Å². The van der Waals surface area contributed by atoms with Crippen LogP contribution in [0.5, 0.6) is 0 Å². The molecule has 0 unspecified atom stereocenters. The first-order chi connectivity index (χ1) is 7.23. The van der Waals surface area contributed by atoms with Gasteiger partial charge in [0.05, 0.1) is 11.6 Å². The predicted octanol–water partition coefficient (Wildman–Crippen LogP) is 3.11. The molecule has 0 heterocycles. The van der Waals surface area contributed by atoms with Crippen LogP contribution in [0.1, 0.15) is 17.2 Å². The number of nitrogens with two attached hydrogens (primary N) is 1. The van der Waals surface area contributed by atoms with Crippen LogP contribution in [-0.4, -0.2) is 6.43 Å². The molecule has 1 atom stereocenters. The van der Waals surface area contributed by atoms with E-state index < -0.39 is 30.0 Å². The van der Waals surface area contributed by atoms with Crippen LogP contribution >= 0.6 is 0 Å². The summed E-state index contributed by atoms with van der Waals surface area (Å²) >= 11 is 0. The van der Waals surface area contributed by atoms with Gasteiger partial charge < -0.3 is 5.73 Å². The highest BCUT2D eigenvalue weighted by atomic mass is 19.4. The smallest absolute Gasteiger partial charge is 0.319 e. The minimum atomic E-state index is -4.85. The van der Waals surface area contributed by atoms with E-state index in [9.17, 15) is 26.3 Å². The SMILES string of the molecule is N[C@H](c1ccc(C(F)(F)F)c(F)c1)C(F)F. The van der Waals surface area contributed by atoms with Gasteiger partial charge in [0, 0.05) is 0 Å². The molecule has 1 aromatic carbocycles. The molecular weight excluding hydrogens is 236 g/mol. The fraction of sp³-hybridized carbons (Fsp3) is 0.333. The van der Waals surface area contributed by atoms with Crippen LogP contribution in [0.2, 0.25) is 0 Å². The van der Waals surface area contributed by atoms with Gasteiger partial charge in [-0.3, -0.25) is 0 Å². The minimum absolute atomic E-state index is 0.375. The Bertz CT molecular complexity index is 373. The number of halogens is 6. The Morgan fingerprint density at radius 2 is 1.69 bits per heavy atom. The molecule has 1 aromatic rings. The Balaban J connectivity index is 3.09. The summed E-state index contributed by atoms with van der Waals surface area (Å²) < 4.78 is 73.5. The lowest BCUT2D eigenvalue weighted by Gasteiger charge is -2.13. The van der Waals surface area contributed by atoms with Crippen LogP contribution in [0, 0.1) is 5.82 Å². The highest BCUT2D eigenvalue weighted by Crippen LogP contribution is 2.32. The van der Waals surface area contributed by atoms with Gasteiger partial charge in [-0.1, -0.05) is 6.07 Å². The fourth-order valence-corrected chi connectivity index (χ4v) is 1.11. The Hall–Kier alpha value is -1.24. The van der Waals surface area contributed by atoms with Crippen molar-refractivity contribution in [1.29, 1.82) is 0 Å². The molecule has 0 aliphatic heterocycles. The third-order valence-electron chi connectivity index (χ3n) is 1.95. The van der Waals surface area contributed by atoms with Crippen LogP contribution in [0.15, 0.2) is 18.2 Å². The van der Waals surface area contributed by atoms with Crippen molar-refractivity contribution in [2.24, 2.45) is 5.73 Å². The quantitative estimate of drug-likeness (QED) is 0.793. The second kappa shape index (κ2) is 4.32. The molecular formula is C9H7F6N. The monoisotopic (exact) mass is 243 g/mol. The van der Waals surface area contributed by atoms with Gasteiger partial charge in [-0.2, -0.15) is 13.2 Å². The van der Waals surface area contributed by atoms with Gasteiger partial charge in [0.15, 0.2) is 0 Å². The largest absolute Gasteiger partial charge is 0.419 e. The topological polar surface area (TPSA) is 26.0 Å². The average molecular weight is 243 g/mol. The number of hydrogen-bond donors (Lipinski definition) is 1. The lowest BCUT2D eigenvalue weighted by molar-refractivity contribution is -0.140. The van der Waals surface area contributed by atoms with Crippen molar-refractivity contribution in [3.8, 4) is 0 Å². The van der Waals surface area contributed by atoms with Gasteiger partial charge in [-0.05, 0) is 17.7 Å². The van der Waals surface area contributed by atoms with Crippen molar-refractivity contribution in [3.05, 3.63) is 35.1 Å². The summed E-state index contributed by atoms with van der Waals surface area (Å²) in [6, 6.07) is -0.285. The molecule has 16 heavy (non-hydrogen) atoms. The van der Waals surface area contributed by atoms with Gasteiger partial charge >= 0.3 is 6.18 Å². The van der Waals surface area contributed by atoms with E-state index in [1.807, 2.05) is 0 Å². The number of hydrogen-bond acceptors (Lipinski definition) is 1. The highest BCUT2D eigenvalue weighted by Gasteiger charge is 2.34. The molecule has 0 amide bonds. The van der Waals surface area contributed by atoms with E-state index in [-0.39, 0.29) is 5.56 Å². The first-order valence-corrected chi connectivity index (χ1v) is 4.14. The molecule has 0 aliphatic carbocycles. The third-order valence-corrected chi connectivity index (χ3v) is 1.95. The van der Waals surface area contributed by atoms with Gasteiger partial charge in [-0.15, -0.1) is 0 Å². The Labute approximate surface area is 86.9 Å².